The van der Waals surface area contributed by atoms with E-state index in [-0.39, 0.29) is 10.8 Å². The topological polar surface area (TPSA) is 67.3 Å². The molecule has 0 radical (unpaired) electrons. The number of fused-ring (bicyclic) bond motifs is 20. The number of nitrogens with zero attached hydrogens (tertiary/aromatic N) is 6. The predicted octanol–water partition coefficient (Wildman–Crippen LogP) is 18.4. The average Bonchev–Trinajstić information content (AvgIpc) is 4.49. The lowest BCUT2D eigenvalue weighted by Crippen LogP contribution is -2.17. The summed E-state index contributed by atoms with van der Waals surface area (Å²) < 4.78 is 9.34. The van der Waals surface area contributed by atoms with Gasteiger partial charge in [-0.1, -0.05) is 198 Å². The molecule has 0 atom stereocenters. The number of benzene rings is 11. The molecular weight excluding hydrogens is 973 g/mol. The fraction of sp³-hybridized carbons (Fsp3) is 0.0811. The number of rotatable bonds is 4. The van der Waals surface area contributed by atoms with Crippen molar-refractivity contribution in [2.24, 2.45) is 0 Å². The lowest BCUT2D eigenvalue weighted by molar-refractivity contribution is 0.666. The van der Waals surface area contributed by atoms with Crippen molar-refractivity contribution in [3.63, 3.8) is 0 Å². The quantitative estimate of drug-likeness (QED) is 0.176. The molecule has 0 N–H and O–H groups in total. The van der Waals surface area contributed by atoms with E-state index in [1.54, 1.807) is 0 Å². The van der Waals surface area contributed by atoms with E-state index < -0.39 is 0 Å². The molecule has 0 unspecified atom stereocenters. The Kier molecular flexibility index (Phi) is 8.74. The van der Waals surface area contributed by atoms with Crippen LogP contribution in [0.25, 0.3) is 132 Å². The second kappa shape index (κ2) is 15.6. The van der Waals surface area contributed by atoms with Crippen molar-refractivity contribution >= 4 is 87.2 Å². The van der Waals surface area contributed by atoms with Gasteiger partial charge in [0.15, 0.2) is 0 Å². The van der Waals surface area contributed by atoms with Gasteiger partial charge in [0.1, 0.15) is 23.3 Å². The lowest BCUT2D eigenvalue weighted by Gasteiger charge is -2.27. The lowest BCUT2D eigenvalue weighted by atomic mass is 9.80. The first-order valence-corrected chi connectivity index (χ1v) is 27.6. The summed E-state index contributed by atoms with van der Waals surface area (Å²) in [5.74, 6) is 0. The molecule has 11 aromatic carbocycles. The van der Waals surface area contributed by atoms with Gasteiger partial charge in [-0.05, 0) is 93.0 Å². The number of para-hydroxylation sites is 6. The molecule has 0 spiro atoms. The maximum atomic E-state index is 12.8. The van der Waals surface area contributed by atoms with Crippen LogP contribution in [0.3, 0.4) is 0 Å². The molecule has 0 fully saturated rings. The van der Waals surface area contributed by atoms with Crippen molar-refractivity contribution in [2.75, 3.05) is 0 Å². The van der Waals surface area contributed by atoms with E-state index in [0.717, 1.165) is 92.9 Å². The average molecular weight is 1020 g/mol. The Balaban J connectivity index is 1.16. The minimum Gasteiger partial charge on any atom is -0.306 e. The molecule has 0 saturated carbocycles. The molecule has 374 valence electrons. The summed E-state index contributed by atoms with van der Waals surface area (Å²) >= 11 is 0. The molecule has 2 aliphatic carbocycles. The van der Waals surface area contributed by atoms with Crippen LogP contribution < -0.4 is 0 Å². The normalized spacial score (nSPS) is 13.9. The van der Waals surface area contributed by atoms with Gasteiger partial charge in [-0.25, -0.2) is 0 Å². The number of aromatic nitrogens is 4. The third-order valence-corrected chi connectivity index (χ3v) is 18.4. The summed E-state index contributed by atoms with van der Waals surface area (Å²) in [5.41, 5.74) is 20.3. The van der Waals surface area contributed by atoms with Crippen LogP contribution in [0.5, 0.6) is 0 Å². The zero-order chi connectivity index (χ0) is 53.5. The highest BCUT2D eigenvalue weighted by molar-refractivity contribution is 6.19. The third-order valence-electron chi connectivity index (χ3n) is 18.4. The summed E-state index contributed by atoms with van der Waals surface area (Å²) in [7, 11) is 0. The Morgan fingerprint density at radius 3 is 0.925 bits per heavy atom. The standard InChI is InChI=1S/C74H48N6/c1-73(2)55-29-13-5-21-43(55)49-37-39-63-65(67(49)73)51-27-11-19-35-61(51)79(63)69-53(41-75)70(77-57-31-15-7-23-45(57)46-24-8-16-32-58(46)77)72(71(54(69)42-76)78-59-33-17-9-25-47(59)48-26-10-18-34-60(48)78)80-62-36-20-12-28-52(62)66-64(80)40-38-50-44-22-6-14-30-56(44)74(3,4)68(50)66/h5-40H,1-4H3. The highest BCUT2D eigenvalue weighted by Crippen LogP contribution is 2.57. The van der Waals surface area contributed by atoms with E-state index in [1.165, 1.54) is 44.5 Å². The van der Waals surface area contributed by atoms with Crippen LogP contribution in [0.4, 0.5) is 0 Å². The summed E-state index contributed by atoms with van der Waals surface area (Å²) in [6.07, 6.45) is 0. The molecule has 17 rings (SSSR count). The fourth-order valence-electron chi connectivity index (χ4n) is 15.3. The van der Waals surface area contributed by atoms with E-state index in [4.69, 9.17) is 0 Å². The first-order valence-electron chi connectivity index (χ1n) is 27.6. The van der Waals surface area contributed by atoms with Crippen molar-refractivity contribution < 1.29 is 0 Å². The Bertz CT molecular complexity index is 5140. The summed E-state index contributed by atoms with van der Waals surface area (Å²) in [4.78, 5) is 0. The van der Waals surface area contributed by atoms with Crippen LogP contribution in [-0.2, 0) is 10.8 Å². The molecule has 0 aliphatic heterocycles. The van der Waals surface area contributed by atoms with Crippen molar-refractivity contribution in [3.8, 4) is 57.1 Å². The van der Waals surface area contributed by atoms with Crippen LogP contribution in [0.15, 0.2) is 218 Å². The second-order valence-electron chi connectivity index (χ2n) is 22.9. The molecule has 0 amide bonds. The minimum atomic E-state index is -0.352. The second-order valence-corrected chi connectivity index (χ2v) is 22.9. The predicted molar refractivity (Wildman–Crippen MR) is 328 cm³/mol. The molecule has 2 aliphatic rings. The van der Waals surface area contributed by atoms with E-state index in [1.807, 2.05) is 0 Å². The van der Waals surface area contributed by atoms with Crippen molar-refractivity contribution in [1.82, 2.24) is 18.3 Å². The molecule has 4 aromatic heterocycles. The Hall–Kier alpha value is -10.4. The van der Waals surface area contributed by atoms with Gasteiger partial charge in [-0.2, -0.15) is 10.5 Å². The van der Waals surface area contributed by atoms with Crippen LogP contribution in [-0.4, -0.2) is 18.3 Å². The van der Waals surface area contributed by atoms with Gasteiger partial charge >= 0.3 is 0 Å². The Morgan fingerprint density at radius 2 is 0.562 bits per heavy atom. The van der Waals surface area contributed by atoms with Gasteiger partial charge in [0.05, 0.1) is 66.9 Å². The van der Waals surface area contributed by atoms with Crippen LogP contribution in [0.2, 0.25) is 0 Å². The highest BCUT2D eigenvalue weighted by Gasteiger charge is 2.42. The monoisotopic (exact) mass is 1020 g/mol. The van der Waals surface area contributed by atoms with E-state index in [9.17, 15) is 10.5 Å². The first-order chi connectivity index (χ1) is 39.2. The zero-order valence-electron chi connectivity index (χ0n) is 44.5. The van der Waals surface area contributed by atoms with Gasteiger partial charge in [0.2, 0.25) is 0 Å². The Labute approximate surface area is 461 Å². The summed E-state index contributed by atoms with van der Waals surface area (Å²) in [6, 6.07) is 84.2. The number of hydrogen-bond acceptors (Lipinski definition) is 2. The van der Waals surface area contributed by atoms with Crippen molar-refractivity contribution in [2.45, 2.75) is 38.5 Å². The highest BCUT2D eigenvalue weighted by atomic mass is 15.1. The zero-order valence-corrected chi connectivity index (χ0v) is 44.5. The molecular formula is C74H48N6. The number of hydrogen-bond donors (Lipinski definition) is 0. The molecule has 4 heterocycles. The van der Waals surface area contributed by atoms with Gasteiger partial charge in [0, 0.05) is 53.9 Å². The summed E-state index contributed by atoms with van der Waals surface area (Å²) in [5, 5.41) is 34.2. The smallest absolute Gasteiger partial charge is 0.104 e. The van der Waals surface area contributed by atoms with Gasteiger partial charge in [-0.3, -0.25) is 0 Å². The Morgan fingerprint density at radius 1 is 0.275 bits per heavy atom. The first kappa shape index (κ1) is 44.7. The van der Waals surface area contributed by atoms with Crippen LogP contribution in [0.1, 0.15) is 61.1 Å². The minimum absolute atomic E-state index is 0.349. The molecule has 6 heteroatoms. The largest absolute Gasteiger partial charge is 0.306 e. The van der Waals surface area contributed by atoms with Crippen LogP contribution in [0, 0.1) is 22.7 Å². The fourth-order valence-corrected chi connectivity index (χ4v) is 15.3. The van der Waals surface area contributed by atoms with E-state index in [0.29, 0.717) is 28.2 Å². The maximum Gasteiger partial charge on any atom is 0.104 e. The maximum absolute atomic E-state index is 12.8. The molecule has 6 nitrogen and oxygen atoms in total. The van der Waals surface area contributed by atoms with Gasteiger partial charge in [-0.15, -0.1) is 0 Å². The molecule has 80 heavy (non-hydrogen) atoms. The van der Waals surface area contributed by atoms with Crippen molar-refractivity contribution in [1.29, 1.82) is 10.5 Å². The number of nitriles is 2. The van der Waals surface area contributed by atoms with Gasteiger partial charge < -0.3 is 18.3 Å². The third kappa shape index (κ3) is 5.40. The molecule has 15 aromatic rings. The van der Waals surface area contributed by atoms with Crippen LogP contribution >= 0.6 is 0 Å². The van der Waals surface area contributed by atoms with Gasteiger partial charge in [0.25, 0.3) is 0 Å². The van der Waals surface area contributed by atoms with Crippen molar-refractivity contribution in [3.05, 3.63) is 252 Å². The van der Waals surface area contributed by atoms with E-state index >= 15 is 0 Å². The van der Waals surface area contributed by atoms with E-state index in [2.05, 4.69) is 276 Å². The molecule has 0 saturated heterocycles. The molecule has 0 bridgehead atoms. The summed E-state index contributed by atoms with van der Waals surface area (Å²) in [6.45, 7) is 9.38. The SMILES string of the molecule is CC1(C)c2ccccc2-c2ccc3c(c21)c1ccccc1n3-c1c(C#N)c(-n2c3ccccc3c3ccccc32)c(-n2c3ccccc3c3c4c(ccc32)-c2ccccc2C4(C)C)c(-n2c3ccccc3c3ccccc32)c1C#N.